The van der Waals surface area contributed by atoms with Gasteiger partial charge in [-0.3, -0.25) is 0 Å². The Kier molecular flexibility index (Phi) is 1.27. The van der Waals surface area contributed by atoms with Gasteiger partial charge in [-0.2, -0.15) is 0 Å². The third-order valence-corrected chi connectivity index (χ3v) is 6.20. The van der Waals surface area contributed by atoms with Crippen LogP contribution in [0, 0.1) is 34.5 Å². The van der Waals surface area contributed by atoms with Gasteiger partial charge < -0.3 is 0 Å². The lowest BCUT2D eigenvalue weighted by molar-refractivity contribution is 0.141. The fourth-order valence-corrected chi connectivity index (χ4v) is 5.54. The molecule has 3 fully saturated rings. The normalized spacial score (nSPS) is 69.2. The van der Waals surface area contributed by atoms with Crippen LogP contribution in [-0.4, -0.2) is 0 Å². The zero-order valence-electron chi connectivity index (χ0n) is 9.43. The quantitative estimate of drug-likeness (QED) is 0.530. The van der Waals surface area contributed by atoms with Gasteiger partial charge in [0, 0.05) is 0 Å². The molecule has 3 aliphatic rings. The maximum atomic E-state index is 2.57. The van der Waals surface area contributed by atoms with Crippen LogP contribution in [0.25, 0.3) is 0 Å². The zero-order chi connectivity index (χ0) is 9.43. The average Bonchev–Trinajstić information content (AvgIpc) is 2.39. The predicted octanol–water partition coefficient (Wildman–Crippen LogP) is 3.71. The number of hydrogen-bond donors (Lipinski definition) is 0. The minimum atomic E-state index is 0.717. The van der Waals surface area contributed by atoms with Gasteiger partial charge in [0.25, 0.3) is 0 Å². The molecule has 0 aliphatic heterocycles. The summed E-state index contributed by atoms with van der Waals surface area (Å²) in [6, 6.07) is 0. The fourth-order valence-electron chi connectivity index (χ4n) is 5.54. The van der Waals surface area contributed by atoms with Crippen molar-refractivity contribution in [1.29, 1.82) is 0 Å². The Bertz CT molecular complexity index is 257. The summed E-state index contributed by atoms with van der Waals surface area (Å²) >= 11 is 0. The predicted molar refractivity (Wildman–Crippen MR) is 55.4 cm³/mol. The van der Waals surface area contributed by atoms with Crippen LogP contribution in [0.4, 0.5) is 0 Å². The van der Waals surface area contributed by atoms with Gasteiger partial charge in [-0.25, -0.2) is 0 Å². The molecule has 0 heterocycles. The number of rotatable bonds is 0. The Labute approximate surface area is 82.1 Å². The second kappa shape index (κ2) is 1.99. The van der Waals surface area contributed by atoms with Crippen molar-refractivity contribution >= 4 is 0 Å². The third-order valence-electron chi connectivity index (χ3n) is 6.20. The highest BCUT2D eigenvalue weighted by molar-refractivity contribution is 5.16. The summed E-state index contributed by atoms with van der Waals surface area (Å²) < 4.78 is 0. The van der Waals surface area contributed by atoms with Crippen molar-refractivity contribution < 1.29 is 0 Å². The Morgan fingerprint density at radius 3 is 2.31 bits per heavy atom. The first-order valence-corrected chi connectivity index (χ1v) is 5.97. The van der Waals surface area contributed by atoms with E-state index >= 15 is 0 Å². The maximum absolute atomic E-state index is 2.57. The molecule has 0 saturated heterocycles. The first kappa shape index (κ1) is 8.32. The van der Waals surface area contributed by atoms with Crippen molar-refractivity contribution in [3.63, 3.8) is 0 Å². The molecule has 2 bridgehead atoms. The van der Waals surface area contributed by atoms with Gasteiger partial charge in [-0.05, 0) is 53.8 Å². The molecule has 0 aromatic carbocycles. The average molecular weight is 178 g/mol. The van der Waals surface area contributed by atoms with Crippen LogP contribution in [-0.2, 0) is 0 Å². The van der Waals surface area contributed by atoms with Crippen LogP contribution >= 0.6 is 0 Å². The molecule has 3 rings (SSSR count). The van der Waals surface area contributed by atoms with Crippen molar-refractivity contribution in [2.24, 2.45) is 34.5 Å². The monoisotopic (exact) mass is 178 g/mol. The minimum Gasteiger partial charge on any atom is -0.0620 e. The summed E-state index contributed by atoms with van der Waals surface area (Å²) in [5.74, 6) is 4.17. The second-order valence-electron chi connectivity index (χ2n) is 6.75. The third kappa shape index (κ3) is 0.714. The lowest BCUT2D eigenvalue weighted by Gasteiger charge is -2.35. The van der Waals surface area contributed by atoms with E-state index in [0.717, 1.165) is 34.5 Å². The molecule has 13 heavy (non-hydrogen) atoms. The van der Waals surface area contributed by atoms with Gasteiger partial charge in [-0.1, -0.05) is 27.7 Å². The van der Waals surface area contributed by atoms with E-state index in [1.165, 1.54) is 12.8 Å². The molecular weight excluding hydrogens is 156 g/mol. The van der Waals surface area contributed by atoms with E-state index in [1.807, 2.05) is 0 Å². The first-order chi connectivity index (χ1) is 5.97. The van der Waals surface area contributed by atoms with E-state index in [1.54, 1.807) is 6.42 Å². The fraction of sp³-hybridized carbons (Fsp3) is 1.00. The maximum Gasteiger partial charge on any atom is -0.0261 e. The van der Waals surface area contributed by atoms with Gasteiger partial charge in [-0.15, -0.1) is 0 Å². The van der Waals surface area contributed by atoms with E-state index in [-0.39, 0.29) is 0 Å². The lowest BCUT2D eigenvalue weighted by atomic mass is 9.70. The molecule has 74 valence electrons. The SMILES string of the molecule is CC1C2C3CC(C)C2(C)CC1(C)C3. The zero-order valence-corrected chi connectivity index (χ0v) is 9.43. The van der Waals surface area contributed by atoms with E-state index in [4.69, 9.17) is 0 Å². The van der Waals surface area contributed by atoms with Crippen LogP contribution in [0.5, 0.6) is 0 Å². The number of hydrogen-bond acceptors (Lipinski definition) is 0. The highest BCUT2D eigenvalue weighted by Crippen LogP contribution is 2.75. The summed E-state index contributed by atoms with van der Waals surface area (Å²) in [6.07, 6.45) is 4.59. The molecule has 0 aromatic rings. The minimum absolute atomic E-state index is 0.717. The van der Waals surface area contributed by atoms with Gasteiger partial charge in [0.05, 0.1) is 0 Å². The smallest absolute Gasteiger partial charge is 0.0261 e. The molecule has 0 aromatic heterocycles. The molecule has 3 aliphatic carbocycles. The van der Waals surface area contributed by atoms with Crippen molar-refractivity contribution in [3.8, 4) is 0 Å². The van der Waals surface area contributed by atoms with E-state index in [0.29, 0.717) is 0 Å². The van der Waals surface area contributed by atoms with E-state index < -0.39 is 0 Å². The summed E-state index contributed by atoms with van der Waals surface area (Å²) in [5.41, 5.74) is 1.44. The Morgan fingerprint density at radius 1 is 1.15 bits per heavy atom. The molecule has 0 N–H and O–H groups in total. The topological polar surface area (TPSA) is 0 Å². The van der Waals surface area contributed by atoms with E-state index in [2.05, 4.69) is 27.7 Å². The molecular formula is C13H22. The molecule has 6 atom stereocenters. The van der Waals surface area contributed by atoms with Crippen molar-refractivity contribution in [3.05, 3.63) is 0 Å². The van der Waals surface area contributed by atoms with Gasteiger partial charge in [0.15, 0.2) is 0 Å². The number of fused-ring (bicyclic) bond motifs is 1. The van der Waals surface area contributed by atoms with Crippen LogP contribution in [0.1, 0.15) is 47.0 Å². The Balaban J connectivity index is 2.10. The lowest BCUT2D eigenvalue weighted by Crippen LogP contribution is -2.27. The molecule has 0 nitrogen and oxygen atoms in total. The molecule has 0 amide bonds. The summed E-state index contributed by atoms with van der Waals surface area (Å²) in [6.45, 7) is 10.1. The molecule has 0 heteroatoms. The van der Waals surface area contributed by atoms with Crippen LogP contribution in [0.15, 0.2) is 0 Å². The van der Waals surface area contributed by atoms with Crippen LogP contribution in [0.2, 0.25) is 0 Å². The highest BCUT2D eigenvalue weighted by Gasteiger charge is 2.67. The van der Waals surface area contributed by atoms with E-state index in [9.17, 15) is 0 Å². The Hall–Kier alpha value is 0. The molecule has 3 saturated carbocycles. The van der Waals surface area contributed by atoms with Crippen molar-refractivity contribution in [2.45, 2.75) is 47.0 Å². The largest absolute Gasteiger partial charge is 0.0620 e. The molecule has 0 spiro atoms. The van der Waals surface area contributed by atoms with Gasteiger partial charge in [0.1, 0.15) is 0 Å². The van der Waals surface area contributed by atoms with Gasteiger partial charge in [0.2, 0.25) is 0 Å². The molecule has 6 unspecified atom stereocenters. The van der Waals surface area contributed by atoms with Gasteiger partial charge >= 0.3 is 0 Å². The summed E-state index contributed by atoms with van der Waals surface area (Å²) in [7, 11) is 0. The van der Waals surface area contributed by atoms with Crippen LogP contribution in [0.3, 0.4) is 0 Å². The summed E-state index contributed by atoms with van der Waals surface area (Å²) in [5, 5.41) is 0. The van der Waals surface area contributed by atoms with Crippen LogP contribution < -0.4 is 0 Å². The van der Waals surface area contributed by atoms with Crippen molar-refractivity contribution in [1.82, 2.24) is 0 Å². The molecule has 0 radical (unpaired) electrons. The standard InChI is InChI=1S/C13H22/c1-8-5-10-6-12(3)7-13(8,4)11(10)9(12)2/h8-11H,5-7H2,1-4H3. The summed E-state index contributed by atoms with van der Waals surface area (Å²) in [4.78, 5) is 0. The Morgan fingerprint density at radius 2 is 1.85 bits per heavy atom. The highest BCUT2D eigenvalue weighted by atomic mass is 14.7. The second-order valence-corrected chi connectivity index (χ2v) is 6.75. The van der Waals surface area contributed by atoms with Crippen molar-refractivity contribution in [2.75, 3.05) is 0 Å². The first-order valence-electron chi connectivity index (χ1n) is 5.97.